The highest BCUT2D eigenvalue weighted by Gasteiger charge is 2.53. The number of amides is 1. The van der Waals surface area contributed by atoms with Crippen LogP contribution in [-0.4, -0.2) is 44.5 Å². The van der Waals surface area contributed by atoms with Gasteiger partial charge in [0, 0.05) is 43.6 Å². The van der Waals surface area contributed by atoms with Gasteiger partial charge in [-0.3, -0.25) is 4.79 Å². The van der Waals surface area contributed by atoms with E-state index in [2.05, 4.69) is 17.4 Å². The number of alkyl halides is 1. The fraction of sp³-hybridized carbons (Fsp3) is 0.640. The predicted molar refractivity (Wildman–Crippen MR) is 119 cm³/mol. The van der Waals surface area contributed by atoms with E-state index >= 15 is 0 Å². The van der Waals surface area contributed by atoms with Gasteiger partial charge in [0.05, 0.1) is 12.9 Å². The number of hydrogen-bond donors (Lipinski definition) is 2. The SMILES string of the molecule is NC/C(=C\F)COc1ccc(C23CCC(C(=O)NCC4(F)CCOCC4)(CC2)CC3)cc1. The van der Waals surface area contributed by atoms with Crippen molar-refractivity contribution < 1.29 is 23.0 Å². The summed E-state index contributed by atoms with van der Waals surface area (Å²) < 4.78 is 38.4. The Labute approximate surface area is 188 Å². The van der Waals surface area contributed by atoms with Crippen LogP contribution >= 0.6 is 0 Å². The van der Waals surface area contributed by atoms with Crippen molar-refractivity contribution in [1.29, 1.82) is 0 Å². The number of rotatable bonds is 8. The number of carbonyl (C=O) groups excluding carboxylic acids is 1. The van der Waals surface area contributed by atoms with Crippen LogP contribution in [0.2, 0.25) is 0 Å². The van der Waals surface area contributed by atoms with Crippen LogP contribution in [0.15, 0.2) is 36.2 Å². The predicted octanol–water partition coefficient (Wildman–Crippen LogP) is 4.10. The van der Waals surface area contributed by atoms with Gasteiger partial charge in [-0.25, -0.2) is 8.78 Å². The molecule has 5 nitrogen and oxygen atoms in total. The Bertz CT molecular complexity index is 810. The lowest BCUT2D eigenvalue weighted by Crippen LogP contribution is -2.54. The Balaban J connectivity index is 1.33. The van der Waals surface area contributed by atoms with Crippen LogP contribution in [0.4, 0.5) is 8.78 Å². The number of ether oxygens (including phenoxy) is 2. The second-order valence-electron chi connectivity index (χ2n) is 9.79. The summed E-state index contributed by atoms with van der Waals surface area (Å²) in [4.78, 5) is 13.1. The highest BCUT2D eigenvalue weighted by atomic mass is 19.1. The molecule has 1 aliphatic heterocycles. The molecule has 3 aliphatic carbocycles. The van der Waals surface area contributed by atoms with Gasteiger partial charge in [-0.05, 0) is 61.6 Å². The number of fused-ring (bicyclic) bond motifs is 3. The fourth-order valence-electron chi connectivity index (χ4n) is 5.52. The zero-order chi connectivity index (χ0) is 22.7. The molecule has 7 heteroatoms. The van der Waals surface area contributed by atoms with E-state index in [9.17, 15) is 13.6 Å². The van der Waals surface area contributed by atoms with E-state index in [4.69, 9.17) is 15.2 Å². The number of halogens is 2. The molecule has 5 rings (SSSR count). The van der Waals surface area contributed by atoms with Gasteiger partial charge in [0.1, 0.15) is 18.0 Å². The van der Waals surface area contributed by atoms with Crippen molar-refractivity contribution >= 4 is 5.91 Å². The van der Waals surface area contributed by atoms with E-state index < -0.39 is 5.67 Å². The third kappa shape index (κ3) is 4.69. The lowest BCUT2D eigenvalue weighted by molar-refractivity contribution is -0.139. The molecule has 3 saturated carbocycles. The third-order valence-electron chi connectivity index (χ3n) is 7.99. The highest BCUT2D eigenvalue weighted by molar-refractivity contribution is 5.83. The molecule has 1 aromatic rings. The summed E-state index contributed by atoms with van der Waals surface area (Å²) in [5.74, 6) is 0.709. The fourth-order valence-corrected chi connectivity index (χ4v) is 5.52. The number of nitrogens with two attached hydrogens (primary N) is 1. The molecule has 0 atom stereocenters. The van der Waals surface area contributed by atoms with Crippen LogP contribution in [0.5, 0.6) is 5.75 Å². The number of hydrogen-bond acceptors (Lipinski definition) is 4. The second kappa shape index (κ2) is 9.48. The maximum absolute atomic E-state index is 14.9. The Hall–Kier alpha value is -1.99. The van der Waals surface area contributed by atoms with Gasteiger partial charge in [-0.15, -0.1) is 0 Å². The van der Waals surface area contributed by atoms with Gasteiger partial charge in [0.15, 0.2) is 0 Å². The Morgan fingerprint density at radius 3 is 2.25 bits per heavy atom. The minimum atomic E-state index is -1.34. The average molecular weight is 449 g/mol. The molecule has 0 spiro atoms. The highest BCUT2D eigenvalue weighted by Crippen LogP contribution is 2.58. The van der Waals surface area contributed by atoms with Crippen molar-refractivity contribution in [3.05, 3.63) is 41.7 Å². The molecular formula is C25H34F2N2O3. The molecule has 176 valence electrons. The lowest BCUT2D eigenvalue weighted by Gasteiger charge is -2.53. The molecule has 1 saturated heterocycles. The summed E-state index contributed by atoms with van der Waals surface area (Å²) in [5.41, 5.74) is 5.53. The first-order chi connectivity index (χ1) is 15.4. The average Bonchev–Trinajstić information content (AvgIpc) is 2.85. The Kier molecular flexibility index (Phi) is 6.86. The summed E-state index contributed by atoms with van der Waals surface area (Å²) in [7, 11) is 0. The molecule has 32 heavy (non-hydrogen) atoms. The standard InChI is InChI=1S/C25H34F2N2O3/c26-15-19(16-28)17-32-21-3-1-20(2-4-21)23-5-8-24(9-6-23,10-7-23)22(30)29-18-25(27)11-13-31-14-12-25/h1-4,15H,5-14,16-18,28H2,(H,29,30)/b19-15+. The molecule has 0 radical (unpaired) electrons. The Morgan fingerprint density at radius 2 is 1.69 bits per heavy atom. The number of carbonyl (C=O) groups is 1. The molecule has 0 aromatic heterocycles. The van der Waals surface area contributed by atoms with Crippen molar-refractivity contribution in [2.24, 2.45) is 11.1 Å². The van der Waals surface area contributed by atoms with Crippen molar-refractivity contribution in [1.82, 2.24) is 5.32 Å². The normalized spacial score (nSPS) is 29.5. The van der Waals surface area contributed by atoms with Gasteiger partial charge in [-0.2, -0.15) is 0 Å². The maximum atomic E-state index is 14.9. The molecule has 0 unspecified atom stereocenters. The van der Waals surface area contributed by atoms with E-state index in [1.54, 1.807) is 0 Å². The lowest BCUT2D eigenvalue weighted by atomic mass is 9.51. The van der Waals surface area contributed by atoms with Crippen molar-refractivity contribution in [2.45, 2.75) is 62.5 Å². The first-order valence-corrected chi connectivity index (χ1v) is 11.7. The maximum Gasteiger partial charge on any atom is 0.226 e. The number of nitrogens with one attached hydrogen (secondary N) is 1. The van der Waals surface area contributed by atoms with Crippen LogP contribution in [0.25, 0.3) is 0 Å². The second-order valence-corrected chi connectivity index (χ2v) is 9.79. The van der Waals surface area contributed by atoms with E-state index in [1.807, 2.05) is 12.1 Å². The van der Waals surface area contributed by atoms with Gasteiger partial charge in [0.25, 0.3) is 0 Å². The minimum Gasteiger partial charge on any atom is -0.489 e. The molecule has 4 aliphatic rings. The Morgan fingerprint density at radius 1 is 1.06 bits per heavy atom. The smallest absolute Gasteiger partial charge is 0.226 e. The van der Waals surface area contributed by atoms with Crippen LogP contribution in [0.1, 0.15) is 56.9 Å². The van der Waals surface area contributed by atoms with Crippen LogP contribution < -0.4 is 15.8 Å². The van der Waals surface area contributed by atoms with Crippen LogP contribution in [0, 0.1) is 5.41 Å². The van der Waals surface area contributed by atoms with Gasteiger partial charge >= 0.3 is 0 Å². The van der Waals surface area contributed by atoms with Crippen LogP contribution in [-0.2, 0) is 14.9 Å². The monoisotopic (exact) mass is 448 g/mol. The zero-order valence-corrected chi connectivity index (χ0v) is 18.6. The van der Waals surface area contributed by atoms with Crippen molar-refractivity contribution in [3.63, 3.8) is 0 Å². The largest absolute Gasteiger partial charge is 0.489 e. The van der Waals surface area contributed by atoms with Crippen molar-refractivity contribution in [3.8, 4) is 5.75 Å². The van der Waals surface area contributed by atoms with E-state index in [0.29, 0.717) is 43.7 Å². The minimum absolute atomic E-state index is 0.0229. The van der Waals surface area contributed by atoms with E-state index in [1.165, 1.54) is 5.56 Å². The summed E-state index contributed by atoms with van der Waals surface area (Å²) in [6.07, 6.45) is 6.56. The van der Waals surface area contributed by atoms with Gasteiger partial charge in [-0.1, -0.05) is 12.1 Å². The quantitative estimate of drug-likeness (QED) is 0.628. The van der Waals surface area contributed by atoms with E-state index in [0.717, 1.165) is 38.5 Å². The molecule has 1 amide bonds. The molecule has 1 aromatic carbocycles. The summed E-state index contributed by atoms with van der Waals surface area (Å²) in [5, 5.41) is 2.95. The van der Waals surface area contributed by atoms with Crippen molar-refractivity contribution in [2.75, 3.05) is 32.9 Å². The molecule has 1 heterocycles. The molecule has 3 N–H and O–H groups in total. The molecule has 2 bridgehead atoms. The summed E-state index contributed by atoms with van der Waals surface area (Å²) >= 11 is 0. The summed E-state index contributed by atoms with van der Waals surface area (Å²) in [6, 6.07) is 8.03. The third-order valence-corrected chi connectivity index (χ3v) is 7.99. The van der Waals surface area contributed by atoms with Gasteiger partial charge in [0.2, 0.25) is 5.91 Å². The summed E-state index contributed by atoms with van der Waals surface area (Å²) in [6.45, 7) is 1.21. The topological polar surface area (TPSA) is 73.6 Å². The van der Waals surface area contributed by atoms with Crippen LogP contribution in [0.3, 0.4) is 0 Å². The zero-order valence-electron chi connectivity index (χ0n) is 18.6. The molecule has 4 fully saturated rings. The molecular weight excluding hydrogens is 414 g/mol. The number of benzene rings is 1. The first-order valence-electron chi connectivity index (χ1n) is 11.7. The first kappa shape index (κ1) is 23.2. The van der Waals surface area contributed by atoms with E-state index in [-0.39, 0.29) is 36.4 Å². The van der Waals surface area contributed by atoms with Gasteiger partial charge < -0.3 is 20.5 Å².